The first-order chi connectivity index (χ1) is 14.8. The van der Waals surface area contributed by atoms with Crippen LogP contribution in [0.3, 0.4) is 0 Å². The van der Waals surface area contributed by atoms with E-state index in [4.69, 9.17) is 4.74 Å². The Morgan fingerprint density at radius 3 is 2.47 bits per heavy atom. The smallest absolute Gasteiger partial charge is 0.143 e. The molecule has 152 valence electrons. The molecule has 2 aromatic heterocycles. The van der Waals surface area contributed by atoms with E-state index in [1.165, 1.54) is 0 Å². The maximum Gasteiger partial charge on any atom is 0.143 e. The monoisotopic (exact) mass is 399 g/mol. The molecule has 1 fully saturated rings. The molecule has 0 saturated carbocycles. The van der Waals surface area contributed by atoms with Gasteiger partial charge in [0.15, 0.2) is 0 Å². The van der Waals surface area contributed by atoms with Crippen molar-refractivity contribution in [3.8, 4) is 17.0 Å². The third kappa shape index (κ3) is 3.86. The van der Waals surface area contributed by atoms with Crippen LogP contribution in [-0.2, 0) is 6.61 Å². The van der Waals surface area contributed by atoms with Crippen LogP contribution in [0, 0.1) is 0 Å². The highest BCUT2D eigenvalue weighted by molar-refractivity contribution is 5.92. The topological polar surface area (TPSA) is 57.3 Å². The first kappa shape index (κ1) is 18.6. The predicted molar refractivity (Wildman–Crippen MR) is 120 cm³/mol. The van der Waals surface area contributed by atoms with Crippen LogP contribution in [0.5, 0.6) is 5.75 Å². The third-order valence-electron chi connectivity index (χ3n) is 5.62. The molecule has 4 aromatic rings. The number of hydrogen-bond donors (Lipinski definition) is 1. The van der Waals surface area contributed by atoms with Gasteiger partial charge in [-0.3, -0.25) is 0 Å². The van der Waals surface area contributed by atoms with Crippen molar-refractivity contribution in [3.63, 3.8) is 0 Å². The second-order valence-corrected chi connectivity index (χ2v) is 7.73. The summed E-state index contributed by atoms with van der Waals surface area (Å²) in [7, 11) is 2.16. The molecule has 2 aromatic carbocycles. The van der Waals surface area contributed by atoms with Gasteiger partial charge in [0, 0.05) is 31.9 Å². The number of rotatable bonds is 5. The lowest BCUT2D eigenvalue weighted by Gasteiger charge is -2.33. The lowest BCUT2D eigenvalue weighted by Crippen LogP contribution is -2.44. The Morgan fingerprint density at radius 2 is 1.70 bits per heavy atom. The summed E-state index contributed by atoms with van der Waals surface area (Å²) in [6, 6.07) is 20.5. The van der Waals surface area contributed by atoms with Crippen molar-refractivity contribution >= 4 is 16.9 Å². The normalized spacial score (nSPS) is 14.9. The highest BCUT2D eigenvalue weighted by Gasteiger charge is 2.19. The minimum atomic E-state index is 0.566. The largest absolute Gasteiger partial charge is 0.489 e. The van der Waals surface area contributed by atoms with E-state index >= 15 is 0 Å². The van der Waals surface area contributed by atoms with Gasteiger partial charge < -0.3 is 19.5 Å². The third-order valence-corrected chi connectivity index (χ3v) is 5.62. The van der Waals surface area contributed by atoms with Gasteiger partial charge in [-0.2, -0.15) is 0 Å². The quantitative estimate of drug-likeness (QED) is 0.551. The average Bonchev–Trinajstić information content (AvgIpc) is 3.24. The van der Waals surface area contributed by atoms with E-state index in [2.05, 4.69) is 62.1 Å². The van der Waals surface area contributed by atoms with Crippen LogP contribution in [0.1, 0.15) is 5.56 Å². The Labute approximate surface area is 176 Å². The van der Waals surface area contributed by atoms with E-state index in [-0.39, 0.29) is 0 Å². The number of likely N-dealkylation sites (N-methyl/N-ethyl adjacent to an activating group) is 1. The first-order valence-corrected chi connectivity index (χ1v) is 10.3. The Kier molecular flexibility index (Phi) is 5.07. The fraction of sp³-hybridized carbons (Fsp3) is 0.250. The molecule has 30 heavy (non-hydrogen) atoms. The number of nitrogens with one attached hydrogen (secondary N) is 1. The van der Waals surface area contributed by atoms with Gasteiger partial charge >= 0.3 is 0 Å². The van der Waals surface area contributed by atoms with Crippen LogP contribution in [0.25, 0.3) is 22.3 Å². The molecule has 0 aliphatic carbocycles. The van der Waals surface area contributed by atoms with Gasteiger partial charge in [0.1, 0.15) is 30.1 Å². The summed E-state index contributed by atoms with van der Waals surface area (Å²) in [5.74, 6) is 1.87. The summed E-state index contributed by atoms with van der Waals surface area (Å²) in [5.41, 5.74) is 4.17. The zero-order chi connectivity index (χ0) is 20.3. The van der Waals surface area contributed by atoms with Crippen LogP contribution in [0.15, 0.2) is 67.0 Å². The predicted octanol–water partition coefficient (Wildman–Crippen LogP) is 3.96. The Hall–Kier alpha value is -3.38. The van der Waals surface area contributed by atoms with Crippen molar-refractivity contribution in [2.24, 2.45) is 0 Å². The maximum absolute atomic E-state index is 5.91. The molecule has 1 saturated heterocycles. The number of H-pyrrole nitrogens is 1. The molecule has 0 amide bonds. The summed E-state index contributed by atoms with van der Waals surface area (Å²) < 4.78 is 5.91. The number of anilines is 1. The van der Waals surface area contributed by atoms with Crippen molar-refractivity contribution in [1.82, 2.24) is 19.9 Å². The number of nitrogens with zero attached hydrogens (tertiary/aromatic N) is 4. The average molecular weight is 399 g/mol. The zero-order valence-electron chi connectivity index (χ0n) is 17.1. The van der Waals surface area contributed by atoms with E-state index in [0.717, 1.165) is 65.6 Å². The van der Waals surface area contributed by atoms with Crippen molar-refractivity contribution in [1.29, 1.82) is 0 Å². The van der Waals surface area contributed by atoms with Gasteiger partial charge in [0.25, 0.3) is 0 Å². The minimum absolute atomic E-state index is 0.566. The fourth-order valence-electron chi connectivity index (χ4n) is 3.82. The SMILES string of the molecule is CN1CCN(c2ncnc3[nH]c(-c4ccc(OCc5ccccc5)cc4)cc23)CC1. The van der Waals surface area contributed by atoms with E-state index in [9.17, 15) is 0 Å². The first-order valence-electron chi connectivity index (χ1n) is 10.3. The second kappa shape index (κ2) is 8.16. The van der Waals surface area contributed by atoms with Crippen molar-refractivity contribution in [2.45, 2.75) is 6.61 Å². The minimum Gasteiger partial charge on any atom is -0.489 e. The highest BCUT2D eigenvalue weighted by atomic mass is 16.5. The van der Waals surface area contributed by atoms with E-state index in [1.54, 1.807) is 6.33 Å². The molecule has 0 atom stereocenters. The van der Waals surface area contributed by atoms with Crippen LogP contribution >= 0.6 is 0 Å². The molecule has 6 heteroatoms. The summed E-state index contributed by atoms with van der Waals surface area (Å²) in [4.78, 5) is 17.2. The Balaban J connectivity index is 1.35. The summed E-state index contributed by atoms with van der Waals surface area (Å²) in [5, 5.41) is 1.07. The summed E-state index contributed by atoms with van der Waals surface area (Å²) >= 11 is 0. The highest BCUT2D eigenvalue weighted by Crippen LogP contribution is 2.30. The molecule has 3 heterocycles. The van der Waals surface area contributed by atoms with Gasteiger partial charge in [-0.05, 0) is 48.5 Å². The number of hydrogen-bond acceptors (Lipinski definition) is 5. The van der Waals surface area contributed by atoms with E-state index in [0.29, 0.717) is 6.61 Å². The van der Waals surface area contributed by atoms with Crippen LogP contribution < -0.4 is 9.64 Å². The molecular formula is C24H25N5O. The maximum atomic E-state index is 5.91. The molecular weight excluding hydrogens is 374 g/mol. The van der Waals surface area contributed by atoms with Crippen molar-refractivity contribution in [3.05, 3.63) is 72.6 Å². The Morgan fingerprint density at radius 1 is 0.933 bits per heavy atom. The van der Waals surface area contributed by atoms with Crippen LogP contribution in [0.4, 0.5) is 5.82 Å². The number of aromatic nitrogens is 3. The molecule has 0 spiro atoms. The molecule has 0 unspecified atom stereocenters. The van der Waals surface area contributed by atoms with Gasteiger partial charge in [-0.25, -0.2) is 9.97 Å². The fourth-order valence-corrected chi connectivity index (χ4v) is 3.82. The van der Waals surface area contributed by atoms with Gasteiger partial charge in [-0.1, -0.05) is 30.3 Å². The number of aromatic amines is 1. The molecule has 1 N–H and O–H groups in total. The van der Waals surface area contributed by atoms with Gasteiger partial charge in [-0.15, -0.1) is 0 Å². The lowest BCUT2D eigenvalue weighted by molar-refractivity contribution is 0.306. The number of benzene rings is 2. The molecule has 0 radical (unpaired) electrons. The zero-order valence-corrected chi connectivity index (χ0v) is 17.1. The van der Waals surface area contributed by atoms with E-state index < -0.39 is 0 Å². The van der Waals surface area contributed by atoms with E-state index in [1.807, 2.05) is 30.3 Å². The molecule has 6 nitrogen and oxygen atoms in total. The standard InChI is InChI=1S/C24H25N5O/c1-28-11-13-29(14-12-28)24-21-15-22(27-23(21)25-17-26-24)19-7-9-20(10-8-19)30-16-18-5-3-2-4-6-18/h2-10,15,17H,11-14,16H2,1H3,(H,25,26,27). The number of fused-ring (bicyclic) bond motifs is 1. The van der Waals surface area contributed by atoms with Gasteiger partial charge in [0.05, 0.1) is 5.39 Å². The lowest BCUT2D eigenvalue weighted by atomic mass is 10.1. The molecule has 1 aliphatic heterocycles. The van der Waals surface area contributed by atoms with Gasteiger partial charge in [0.2, 0.25) is 0 Å². The van der Waals surface area contributed by atoms with Crippen molar-refractivity contribution < 1.29 is 4.74 Å². The molecule has 5 rings (SSSR count). The van der Waals surface area contributed by atoms with Crippen LogP contribution in [-0.4, -0.2) is 53.1 Å². The number of ether oxygens (including phenoxy) is 1. The summed E-state index contributed by atoms with van der Waals surface area (Å²) in [6.45, 7) is 4.63. The summed E-state index contributed by atoms with van der Waals surface area (Å²) in [6.07, 6.45) is 1.65. The molecule has 1 aliphatic rings. The molecule has 0 bridgehead atoms. The number of piperazine rings is 1. The second-order valence-electron chi connectivity index (χ2n) is 7.73. The van der Waals surface area contributed by atoms with Crippen molar-refractivity contribution in [2.75, 3.05) is 38.1 Å². The Bertz CT molecular complexity index is 1120. The van der Waals surface area contributed by atoms with Crippen LogP contribution in [0.2, 0.25) is 0 Å².